The number of piperazine rings is 1. The summed E-state index contributed by atoms with van der Waals surface area (Å²) in [6.07, 6.45) is 1.83. The molecule has 3 rings (SSSR count). The van der Waals surface area contributed by atoms with Crippen LogP contribution in [-0.2, 0) is 0 Å². The minimum absolute atomic E-state index is 0.0885. The molecule has 1 aromatic rings. The molecule has 0 spiro atoms. The quantitative estimate of drug-likeness (QED) is 0.670. The SMILES string of the molecule is CCC1CCC(N2CCN(c3cc(F)ccc3OCC(F)(F)F)CC2)CC1. The van der Waals surface area contributed by atoms with Gasteiger partial charge in [0.25, 0.3) is 0 Å². The third-order valence-corrected chi connectivity index (χ3v) is 5.88. The fourth-order valence-electron chi connectivity index (χ4n) is 4.27. The third-order valence-electron chi connectivity index (χ3n) is 5.88. The van der Waals surface area contributed by atoms with Gasteiger partial charge in [0.15, 0.2) is 6.61 Å². The van der Waals surface area contributed by atoms with E-state index in [9.17, 15) is 17.6 Å². The smallest absolute Gasteiger partial charge is 0.422 e. The number of benzene rings is 1. The highest BCUT2D eigenvalue weighted by Crippen LogP contribution is 2.33. The molecule has 1 saturated heterocycles. The van der Waals surface area contributed by atoms with Crippen molar-refractivity contribution in [2.24, 2.45) is 5.92 Å². The highest BCUT2D eigenvalue weighted by atomic mass is 19.4. The molecule has 3 nitrogen and oxygen atoms in total. The van der Waals surface area contributed by atoms with Gasteiger partial charge in [0, 0.05) is 38.3 Å². The zero-order valence-electron chi connectivity index (χ0n) is 15.8. The van der Waals surface area contributed by atoms with Crippen LogP contribution in [0.4, 0.5) is 23.2 Å². The first-order valence-corrected chi connectivity index (χ1v) is 9.84. The van der Waals surface area contributed by atoms with Crippen molar-refractivity contribution in [3.05, 3.63) is 24.0 Å². The molecule has 152 valence electrons. The second kappa shape index (κ2) is 8.67. The van der Waals surface area contributed by atoms with Crippen molar-refractivity contribution in [1.82, 2.24) is 4.90 Å². The van der Waals surface area contributed by atoms with E-state index in [1.54, 1.807) is 0 Å². The average Bonchev–Trinajstić information content (AvgIpc) is 2.66. The third kappa shape index (κ3) is 5.50. The minimum Gasteiger partial charge on any atom is -0.482 e. The molecule has 1 aliphatic carbocycles. The Morgan fingerprint density at radius 1 is 1.04 bits per heavy atom. The Hall–Kier alpha value is -1.50. The van der Waals surface area contributed by atoms with E-state index in [0.717, 1.165) is 25.1 Å². The van der Waals surface area contributed by atoms with Gasteiger partial charge in [-0.3, -0.25) is 4.90 Å². The summed E-state index contributed by atoms with van der Waals surface area (Å²) in [6, 6.07) is 4.30. The molecule has 0 radical (unpaired) electrons. The maximum atomic E-state index is 13.7. The van der Waals surface area contributed by atoms with Gasteiger partial charge in [0.1, 0.15) is 11.6 Å². The lowest BCUT2D eigenvalue weighted by atomic mass is 9.84. The molecule has 1 saturated carbocycles. The van der Waals surface area contributed by atoms with Gasteiger partial charge in [0.05, 0.1) is 5.69 Å². The maximum absolute atomic E-state index is 13.7. The molecule has 0 aromatic heterocycles. The van der Waals surface area contributed by atoms with Crippen LogP contribution in [0.3, 0.4) is 0 Å². The summed E-state index contributed by atoms with van der Waals surface area (Å²) < 4.78 is 56.1. The molecule has 0 amide bonds. The number of nitrogens with zero attached hydrogens (tertiary/aromatic N) is 2. The van der Waals surface area contributed by atoms with E-state index in [2.05, 4.69) is 11.8 Å². The van der Waals surface area contributed by atoms with Gasteiger partial charge in [-0.15, -0.1) is 0 Å². The molecule has 7 heteroatoms. The molecule has 1 aromatic carbocycles. The molecule has 0 unspecified atom stereocenters. The van der Waals surface area contributed by atoms with Crippen molar-refractivity contribution in [3.8, 4) is 5.75 Å². The van der Waals surface area contributed by atoms with E-state index >= 15 is 0 Å². The first-order valence-electron chi connectivity index (χ1n) is 9.84. The molecule has 2 aliphatic rings. The number of ether oxygens (including phenoxy) is 1. The van der Waals surface area contributed by atoms with Crippen molar-refractivity contribution >= 4 is 5.69 Å². The predicted molar refractivity (Wildman–Crippen MR) is 97.8 cm³/mol. The Morgan fingerprint density at radius 2 is 1.70 bits per heavy atom. The van der Waals surface area contributed by atoms with Crippen LogP contribution in [0.5, 0.6) is 5.75 Å². The lowest BCUT2D eigenvalue weighted by Crippen LogP contribution is -2.51. The first kappa shape index (κ1) is 20.2. The largest absolute Gasteiger partial charge is 0.482 e. The second-order valence-corrected chi connectivity index (χ2v) is 7.62. The van der Waals surface area contributed by atoms with Crippen LogP contribution in [0.15, 0.2) is 18.2 Å². The first-order chi connectivity index (χ1) is 12.9. The van der Waals surface area contributed by atoms with Crippen LogP contribution in [0.2, 0.25) is 0 Å². The topological polar surface area (TPSA) is 15.7 Å². The van der Waals surface area contributed by atoms with Crippen molar-refractivity contribution in [2.45, 2.75) is 51.2 Å². The lowest BCUT2D eigenvalue weighted by Gasteiger charge is -2.42. The van der Waals surface area contributed by atoms with E-state index in [0.29, 0.717) is 24.8 Å². The molecule has 0 atom stereocenters. The van der Waals surface area contributed by atoms with E-state index < -0.39 is 18.6 Å². The normalized spacial score (nSPS) is 24.9. The highest BCUT2D eigenvalue weighted by molar-refractivity contribution is 5.59. The van der Waals surface area contributed by atoms with Crippen molar-refractivity contribution in [3.63, 3.8) is 0 Å². The molecular weight excluding hydrogens is 360 g/mol. The zero-order chi connectivity index (χ0) is 19.4. The summed E-state index contributed by atoms with van der Waals surface area (Å²) in [5.41, 5.74) is 0.411. The van der Waals surface area contributed by atoms with Gasteiger partial charge in [-0.25, -0.2) is 4.39 Å². The zero-order valence-corrected chi connectivity index (χ0v) is 15.8. The molecule has 2 fully saturated rings. The molecular formula is C20H28F4N2O. The molecule has 1 aliphatic heterocycles. The van der Waals surface area contributed by atoms with Gasteiger partial charge < -0.3 is 9.64 Å². The van der Waals surface area contributed by atoms with Crippen LogP contribution < -0.4 is 9.64 Å². The summed E-state index contributed by atoms with van der Waals surface area (Å²) in [5, 5.41) is 0. The van der Waals surface area contributed by atoms with E-state index in [1.807, 2.05) is 4.90 Å². The fraction of sp³-hybridized carbons (Fsp3) is 0.700. The van der Waals surface area contributed by atoms with Gasteiger partial charge in [-0.1, -0.05) is 13.3 Å². The van der Waals surface area contributed by atoms with Gasteiger partial charge >= 0.3 is 6.18 Å². The Balaban J connectivity index is 1.59. The standard InChI is InChI=1S/C20H28F4N2O/c1-2-15-3-6-17(7-4-15)25-9-11-26(12-10-25)18-13-16(21)5-8-19(18)27-14-20(22,23)24/h5,8,13,15,17H,2-4,6-7,9-12,14H2,1H3. The number of halogens is 4. The minimum atomic E-state index is -4.41. The van der Waals surface area contributed by atoms with E-state index in [4.69, 9.17) is 4.74 Å². The predicted octanol–water partition coefficient (Wildman–Crippen LogP) is 4.86. The van der Waals surface area contributed by atoms with Gasteiger partial charge in [-0.05, 0) is 43.7 Å². The Kier molecular flexibility index (Phi) is 6.50. The highest BCUT2D eigenvalue weighted by Gasteiger charge is 2.31. The summed E-state index contributed by atoms with van der Waals surface area (Å²) in [6.45, 7) is 3.90. The van der Waals surface area contributed by atoms with Crippen LogP contribution in [0.25, 0.3) is 0 Å². The summed E-state index contributed by atoms with van der Waals surface area (Å²) in [4.78, 5) is 4.42. The molecule has 27 heavy (non-hydrogen) atoms. The van der Waals surface area contributed by atoms with Gasteiger partial charge in [0.2, 0.25) is 0 Å². The molecule has 0 bridgehead atoms. The fourth-order valence-corrected chi connectivity index (χ4v) is 4.27. The molecule has 0 N–H and O–H groups in total. The summed E-state index contributed by atoms with van der Waals surface area (Å²) >= 11 is 0. The number of alkyl halides is 3. The van der Waals surface area contributed by atoms with E-state index in [-0.39, 0.29) is 5.75 Å². The number of rotatable bonds is 5. The Morgan fingerprint density at radius 3 is 2.30 bits per heavy atom. The van der Waals surface area contributed by atoms with Gasteiger partial charge in [-0.2, -0.15) is 13.2 Å². The van der Waals surface area contributed by atoms with Crippen molar-refractivity contribution < 1.29 is 22.3 Å². The van der Waals surface area contributed by atoms with Crippen LogP contribution in [0, 0.1) is 11.7 Å². The number of hydrogen-bond donors (Lipinski definition) is 0. The number of hydrogen-bond acceptors (Lipinski definition) is 3. The summed E-state index contributed by atoms with van der Waals surface area (Å²) in [7, 11) is 0. The monoisotopic (exact) mass is 388 g/mol. The van der Waals surface area contributed by atoms with Crippen molar-refractivity contribution in [1.29, 1.82) is 0 Å². The van der Waals surface area contributed by atoms with Crippen molar-refractivity contribution in [2.75, 3.05) is 37.7 Å². The number of anilines is 1. The van der Waals surface area contributed by atoms with Crippen LogP contribution >= 0.6 is 0 Å². The van der Waals surface area contributed by atoms with Crippen LogP contribution in [0.1, 0.15) is 39.0 Å². The van der Waals surface area contributed by atoms with E-state index in [1.165, 1.54) is 44.2 Å². The Labute approximate surface area is 158 Å². The Bertz CT molecular complexity index is 606. The average molecular weight is 388 g/mol. The summed E-state index contributed by atoms with van der Waals surface area (Å²) in [5.74, 6) is 0.471. The van der Waals surface area contributed by atoms with Crippen LogP contribution in [-0.4, -0.2) is 49.9 Å². The maximum Gasteiger partial charge on any atom is 0.422 e. The lowest BCUT2D eigenvalue weighted by molar-refractivity contribution is -0.153. The second-order valence-electron chi connectivity index (χ2n) is 7.62. The molecule has 1 heterocycles.